The van der Waals surface area contributed by atoms with Crippen LogP contribution in [-0.4, -0.2) is 29.3 Å². The molecule has 4 nitrogen and oxygen atoms in total. The molecule has 1 atom stereocenters. The van der Waals surface area contributed by atoms with Crippen molar-refractivity contribution in [2.45, 2.75) is 53.1 Å². The molecular formula is C24H32N2O2. The van der Waals surface area contributed by atoms with Crippen molar-refractivity contribution in [2.24, 2.45) is 5.92 Å². The van der Waals surface area contributed by atoms with Gasteiger partial charge in [0.2, 0.25) is 11.8 Å². The molecule has 4 heteroatoms. The molecule has 2 aromatic rings. The van der Waals surface area contributed by atoms with Crippen molar-refractivity contribution in [1.82, 2.24) is 10.2 Å². The molecule has 0 aliphatic rings. The zero-order valence-electron chi connectivity index (χ0n) is 17.4. The molecule has 0 aliphatic carbocycles. The van der Waals surface area contributed by atoms with Gasteiger partial charge in [0.1, 0.15) is 6.04 Å². The van der Waals surface area contributed by atoms with Gasteiger partial charge in [0.25, 0.3) is 0 Å². The largest absolute Gasteiger partial charge is 0.354 e. The van der Waals surface area contributed by atoms with E-state index in [1.807, 2.05) is 68.4 Å². The summed E-state index contributed by atoms with van der Waals surface area (Å²) in [6.45, 7) is 9.05. The molecule has 2 aromatic carbocycles. The molecule has 0 spiro atoms. The number of carbonyl (C=O) groups excluding carboxylic acids is 2. The lowest BCUT2D eigenvalue weighted by atomic mass is 10.0. The van der Waals surface area contributed by atoms with Crippen molar-refractivity contribution in [3.8, 4) is 0 Å². The zero-order chi connectivity index (χ0) is 20.5. The second-order valence-corrected chi connectivity index (χ2v) is 7.65. The second kappa shape index (κ2) is 10.6. The Kier molecular flexibility index (Phi) is 8.24. The molecular weight excluding hydrogens is 348 g/mol. The Hall–Kier alpha value is -2.62. The minimum absolute atomic E-state index is 0.0103. The minimum atomic E-state index is -0.534. The molecule has 2 rings (SSSR count). The summed E-state index contributed by atoms with van der Waals surface area (Å²) in [5.41, 5.74) is 3.24. The summed E-state index contributed by atoms with van der Waals surface area (Å²) in [6, 6.07) is 17.4. The van der Waals surface area contributed by atoms with Crippen LogP contribution >= 0.6 is 0 Å². The van der Waals surface area contributed by atoms with E-state index in [0.29, 0.717) is 31.8 Å². The Balaban J connectivity index is 2.34. The normalized spacial score (nSPS) is 11.9. The lowest BCUT2D eigenvalue weighted by molar-refractivity contribution is -0.141. The lowest BCUT2D eigenvalue weighted by Gasteiger charge is -2.32. The van der Waals surface area contributed by atoms with E-state index in [4.69, 9.17) is 0 Å². The number of nitrogens with zero attached hydrogens (tertiary/aromatic N) is 1. The minimum Gasteiger partial charge on any atom is -0.354 e. The van der Waals surface area contributed by atoms with E-state index in [1.165, 1.54) is 0 Å². The van der Waals surface area contributed by atoms with Crippen LogP contribution in [0.5, 0.6) is 0 Å². The first-order valence-corrected chi connectivity index (χ1v) is 10.1. The highest BCUT2D eigenvalue weighted by atomic mass is 16.2. The molecule has 0 saturated heterocycles. The van der Waals surface area contributed by atoms with Crippen LogP contribution in [0.1, 0.15) is 43.9 Å². The smallest absolute Gasteiger partial charge is 0.243 e. The number of aryl methyl sites for hydroxylation is 1. The summed E-state index contributed by atoms with van der Waals surface area (Å²) in [5.74, 6) is 0.254. The maximum Gasteiger partial charge on any atom is 0.243 e. The summed E-state index contributed by atoms with van der Waals surface area (Å²) in [7, 11) is 0. The van der Waals surface area contributed by atoms with E-state index in [1.54, 1.807) is 4.90 Å². The van der Waals surface area contributed by atoms with Gasteiger partial charge in [-0.15, -0.1) is 0 Å². The van der Waals surface area contributed by atoms with Gasteiger partial charge in [0.05, 0.1) is 0 Å². The molecule has 1 N–H and O–H groups in total. The lowest BCUT2D eigenvalue weighted by Crippen LogP contribution is -2.51. The second-order valence-electron chi connectivity index (χ2n) is 7.65. The summed E-state index contributed by atoms with van der Waals surface area (Å²) >= 11 is 0. The van der Waals surface area contributed by atoms with Gasteiger partial charge in [-0.2, -0.15) is 0 Å². The number of hydrogen-bond donors (Lipinski definition) is 1. The molecule has 150 valence electrons. The topological polar surface area (TPSA) is 49.4 Å². The fourth-order valence-corrected chi connectivity index (χ4v) is 3.15. The maximum absolute atomic E-state index is 13.1. The monoisotopic (exact) mass is 380 g/mol. The van der Waals surface area contributed by atoms with Crippen LogP contribution in [0.15, 0.2) is 54.6 Å². The van der Waals surface area contributed by atoms with Gasteiger partial charge in [-0.05, 0) is 29.5 Å². The van der Waals surface area contributed by atoms with Crippen molar-refractivity contribution in [2.75, 3.05) is 6.54 Å². The van der Waals surface area contributed by atoms with Gasteiger partial charge < -0.3 is 10.2 Å². The molecule has 0 bridgehead atoms. The average Bonchev–Trinajstić information content (AvgIpc) is 2.70. The van der Waals surface area contributed by atoms with E-state index >= 15 is 0 Å². The quantitative estimate of drug-likeness (QED) is 0.711. The number of carbonyl (C=O) groups is 2. The van der Waals surface area contributed by atoms with E-state index in [0.717, 1.165) is 16.7 Å². The first kappa shape index (κ1) is 21.7. The van der Waals surface area contributed by atoms with Gasteiger partial charge in [-0.1, -0.05) is 75.4 Å². The fraction of sp³-hybridized carbons (Fsp3) is 0.417. The number of amides is 2. The third-order valence-corrected chi connectivity index (χ3v) is 4.86. The zero-order valence-corrected chi connectivity index (χ0v) is 17.4. The number of benzene rings is 2. The van der Waals surface area contributed by atoms with Gasteiger partial charge in [-0.25, -0.2) is 0 Å². The Morgan fingerprint density at radius 3 is 2.25 bits per heavy atom. The van der Waals surface area contributed by atoms with E-state index in [-0.39, 0.29) is 11.8 Å². The summed E-state index contributed by atoms with van der Waals surface area (Å²) in [6.07, 6.45) is 0.872. The number of hydrogen-bond acceptors (Lipinski definition) is 2. The Morgan fingerprint density at radius 2 is 1.64 bits per heavy atom. The molecule has 0 aromatic heterocycles. The first-order valence-electron chi connectivity index (χ1n) is 10.1. The SMILES string of the molecule is CCC(=O)N(Cc1ccccc1C)[C@@H](Cc1ccccc1)C(=O)NCC(C)C. The number of nitrogens with one attached hydrogen (secondary N) is 1. The molecule has 2 amide bonds. The van der Waals surface area contributed by atoms with Crippen LogP contribution in [0.2, 0.25) is 0 Å². The van der Waals surface area contributed by atoms with Crippen molar-refractivity contribution in [3.05, 3.63) is 71.3 Å². The van der Waals surface area contributed by atoms with Crippen LogP contribution < -0.4 is 5.32 Å². The highest BCUT2D eigenvalue weighted by Gasteiger charge is 2.29. The van der Waals surface area contributed by atoms with Crippen molar-refractivity contribution in [1.29, 1.82) is 0 Å². The van der Waals surface area contributed by atoms with Crippen molar-refractivity contribution >= 4 is 11.8 Å². The predicted octanol–water partition coefficient (Wildman–Crippen LogP) is 4.12. The molecule has 0 aliphatic heterocycles. The van der Waals surface area contributed by atoms with E-state index in [9.17, 15) is 9.59 Å². The highest BCUT2D eigenvalue weighted by molar-refractivity contribution is 5.88. The predicted molar refractivity (Wildman–Crippen MR) is 114 cm³/mol. The third kappa shape index (κ3) is 6.22. The van der Waals surface area contributed by atoms with Gasteiger partial charge in [0.15, 0.2) is 0 Å². The molecule has 0 saturated carbocycles. The number of rotatable bonds is 9. The van der Waals surface area contributed by atoms with Gasteiger partial charge in [-0.3, -0.25) is 9.59 Å². The van der Waals surface area contributed by atoms with Gasteiger partial charge in [0, 0.05) is 25.9 Å². The Morgan fingerprint density at radius 1 is 1.00 bits per heavy atom. The van der Waals surface area contributed by atoms with E-state index in [2.05, 4.69) is 19.2 Å². The molecule has 0 unspecified atom stereocenters. The standard InChI is InChI=1S/C24H32N2O2/c1-5-23(27)26(17-21-14-10-9-11-19(21)4)22(24(28)25-16-18(2)3)15-20-12-7-6-8-13-20/h6-14,18,22H,5,15-17H2,1-4H3,(H,25,28)/t22-/m0/s1. The first-order chi connectivity index (χ1) is 13.4. The van der Waals surface area contributed by atoms with Gasteiger partial charge >= 0.3 is 0 Å². The Bertz CT molecular complexity index is 771. The molecule has 28 heavy (non-hydrogen) atoms. The van der Waals surface area contributed by atoms with Crippen molar-refractivity contribution < 1.29 is 9.59 Å². The van der Waals surface area contributed by atoms with Crippen LogP contribution in [-0.2, 0) is 22.6 Å². The van der Waals surface area contributed by atoms with Crippen LogP contribution in [0.3, 0.4) is 0 Å². The van der Waals surface area contributed by atoms with Crippen LogP contribution in [0.4, 0.5) is 0 Å². The maximum atomic E-state index is 13.1. The van der Waals surface area contributed by atoms with E-state index < -0.39 is 6.04 Å². The Labute approximate surface area is 169 Å². The highest BCUT2D eigenvalue weighted by Crippen LogP contribution is 2.17. The third-order valence-electron chi connectivity index (χ3n) is 4.86. The summed E-state index contributed by atoms with van der Waals surface area (Å²) in [5, 5.41) is 3.03. The van der Waals surface area contributed by atoms with Crippen molar-refractivity contribution in [3.63, 3.8) is 0 Å². The summed E-state index contributed by atoms with van der Waals surface area (Å²) in [4.78, 5) is 27.7. The van der Waals surface area contributed by atoms with Crippen LogP contribution in [0.25, 0.3) is 0 Å². The molecule has 0 fully saturated rings. The average molecular weight is 381 g/mol. The molecule has 0 heterocycles. The fourth-order valence-electron chi connectivity index (χ4n) is 3.15. The summed E-state index contributed by atoms with van der Waals surface area (Å²) < 4.78 is 0. The molecule has 0 radical (unpaired) electrons. The van der Waals surface area contributed by atoms with Crippen LogP contribution in [0, 0.1) is 12.8 Å².